The van der Waals surface area contributed by atoms with E-state index < -0.39 is 76.0 Å². The first-order valence-electron chi connectivity index (χ1n) is 19.2. The van der Waals surface area contributed by atoms with E-state index in [0.717, 1.165) is 18.4 Å². The minimum atomic E-state index is -1.47. The van der Waals surface area contributed by atoms with Gasteiger partial charge in [-0.1, -0.05) is 64.0 Å². The summed E-state index contributed by atoms with van der Waals surface area (Å²) in [5.41, 5.74) is -0.873. The smallest absolute Gasteiger partial charge is 0.339 e. The second kappa shape index (κ2) is 15.7. The van der Waals surface area contributed by atoms with E-state index in [1.165, 1.54) is 12.7 Å². The molecule has 1 aliphatic heterocycles. The molecular weight excluding hydrogens is 664 g/mol. The largest absolute Gasteiger partial charge is 0.469 e. The third-order valence-electron chi connectivity index (χ3n) is 13.5. The number of esters is 3. The van der Waals surface area contributed by atoms with Crippen molar-refractivity contribution in [2.75, 3.05) is 13.7 Å². The molecule has 10 heteroatoms. The highest BCUT2D eigenvalue weighted by atomic mass is 16.6. The van der Waals surface area contributed by atoms with Gasteiger partial charge in [0.15, 0.2) is 12.2 Å². The molecule has 3 N–H and O–H groups in total. The van der Waals surface area contributed by atoms with Gasteiger partial charge >= 0.3 is 17.9 Å². The van der Waals surface area contributed by atoms with Crippen LogP contribution in [0.2, 0.25) is 0 Å². The summed E-state index contributed by atoms with van der Waals surface area (Å²) in [7, 11) is 1.35. The first-order chi connectivity index (χ1) is 24.1. The van der Waals surface area contributed by atoms with Crippen molar-refractivity contribution in [3.05, 3.63) is 34.9 Å². The van der Waals surface area contributed by atoms with Gasteiger partial charge in [-0.05, 0) is 114 Å². The van der Waals surface area contributed by atoms with Crippen molar-refractivity contribution in [3.63, 3.8) is 0 Å². The standard InChI is InChI=1S/C42H66O10/c1-13-25(6)35(45)38(47)52-32-20-31(39(7,8)48)40(9,17-16-33(43)49-12)36-29(51-37(46)34(44)24(4)5)21-41(10)28(14-15-30(41)42(32,36)11)26-19-27(50-22-26)18-23(2)3/h13,15,18,24,26-29,31-32,34-36,44-45,48H,14,16-17,19-22H2,1-12H3/b25-13+/t26-,27-,28+,29-,31+,32-,34-,35-,36-,40+,41+,42-/m1/s1. The molecule has 3 aliphatic carbocycles. The Kier molecular flexibility index (Phi) is 12.7. The second-order valence-electron chi connectivity index (χ2n) is 18.0. The predicted octanol–water partition coefficient (Wildman–Crippen LogP) is 6.25. The average Bonchev–Trinajstić information content (AvgIpc) is 3.66. The summed E-state index contributed by atoms with van der Waals surface area (Å²) in [5, 5.41) is 33.9. The van der Waals surface area contributed by atoms with Crippen LogP contribution in [0, 0.1) is 45.8 Å². The number of carbonyl (C=O) groups excluding carboxylic acids is 3. The molecule has 4 aliphatic rings. The Bertz CT molecular complexity index is 1430. The number of aliphatic hydroxyl groups is 3. The topological polar surface area (TPSA) is 149 Å². The summed E-state index contributed by atoms with van der Waals surface area (Å²) < 4.78 is 24.3. The van der Waals surface area contributed by atoms with Crippen LogP contribution in [0.4, 0.5) is 0 Å². The van der Waals surface area contributed by atoms with E-state index in [0.29, 0.717) is 25.0 Å². The summed E-state index contributed by atoms with van der Waals surface area (Å²) >= 11 is 0. The molecule has 294 valence electrons. The van der Waals surface area contributed by atoms with Gasteiger partial charge in [0.1, 0.15) is 12.2 Å². The van der Waals surface area contributed by atoms with E-state index in [9.17, 15) is 29.7 Å². The Morgan fingerprint density at radius 1 is 1.06 bits per heavy atom. The van der Waals surface area contributed by atoms with Gasteiger partial charge in [-0.3, -0.25) is 4.79 Å². The molecule has 1 heterocycles. The van der Waals surface area contributed by atoms with Crippen molar-refractivity contribution >= 4 is 17.9 Å². The van der Waals surface area contributed by atoms with E-state index in [1.54, 1.807) is 47.6 Å². The first-order valence-corrected chi connectivity index (χ1v) is 19.2. The van der Waals surface area contributed by atoms with Gasteiger partial charge in [-0.2, -0.15) is 0 Å². The van der Waals surface area contributed by atoms with Crippen LogP contribution in [0.3, 0.4) is 0 Å². The Hall–Kier alpha value is -2.53. The maximum absolute atomic E-state index is 13.8. The minimum absolute atomic E-state index is 0.0123. The van der Waals surface area contributed by atoms with Crippen LogP contribution < -0.4 is 0 Å². The quantitative estimate of drug-likeness (QED) is 0.120. The number of rotatable bonds is 12. The summed E-state index contributed by atoms with van der Waals surface area (Å²) in [4.78, 5) is 40.4. The number of hydrogen-bond donors (Lipinski definition) is 3. The second-order valence-corrected chi connectivity index (χ2v) is 18.0. The molecule has 3 fully saturated rings. The van der Waals surface area contributed by atoms with Crippen LogP contribution in [-0.4, -0.2) is 83.1 Å². The van der Waals surface area contributed by atoms with Crippen LogP contribution in [0.1, 0.15) is 115 Å². The minimum Gasteiger partial charge on any atom is -0.469 e. The lowest BCUT2D eigenvalue weighted by molar-refractivity contribution is -0.241. The van der Waals surface area contributed by atoms with Gasteiger partial charge in [0.2, 0.25) is 0 Å². The molecule has 52 heavy (non-hydrogen) atoms. The van der Waals surface area contributed by atoms with E-state index in [2.05, 4.69) is 39.8 Å². The number of hydrogen-bond acceptors (Lipinski definition) is 10. The maximum Gasteiger partial charge on any atom is 0.339 e. The number of methoxy groups -OCH3 is 1. The fourth-order valence-corrected chi connectivity index (χ4v) is 10.9. The van der Waals surface area contributed by atoms with Crippen LogP contribution >= 0.6 is 0 Å². The van der Waals surface area contributed by atoms with Gasteiger partial charge in [0.25, 0.3) is 0 Å². The highest BCUT2D eigenvalue weighted by Crippen LogP contribution is 2.72. The molecular formula is C42H66O10. The van der Waals surface area contributed by atoms with Gasteiger partial charge in [0, 0.05) is 17.8 Å². The summed E-state index contributed by atoms with van der Waals surface area (Å²) in [6.07, 6.45) is 4.37. The highest BCUT2D eigenvalue weighted by molar-refractivity contribution is 5.78. The lowest BCUT2D eigenvalue weighted by Gasteiger charge is -2.67. The van der Waals surface area contributed by atoms with Gasteiger partial charge in [0.05, 0.1) is 25.4 Å². The van der Waals surface area contributed by atoms with Crippen LogP contribution in [0.5, 0.6) is 0 Å². The van der Waals surface area contributed by atoms with Crippen molar-refractivity contribution in [3.8, 4) is 0 Å². The number of carbonyl (C=O) groups is 3. The molecule has 0 amide bonds. The molecule has 4 rings (SSSR count). The lowest BCUT2D eigenvalue weighted by Crippen LogP contribution is -2.68. The first kappa shape index (κ1) is 42.2. The predicted molar refractivity (Wildman–Crippen MR) is 198 cm³/mol. The highest BCUT2D eigenvalue weighted by Gasteiger charge is 2.71. The zero-order valence-electron chi connectivity index (χ0n) is 33.7. The zero-order valence-corrected chi connectivity index (χ0v) is 33.7. The Labute approximate surface area is 311 Å². The van der Waals surface area contributed by atoms with Crippen molar-refractivity contribution in [2.24, 2.45) is 45.8 Å². The molecule has 10 nitrogen and oxygen atoms in total. The molecule has 0 aromatic rings. The molecule has 0 radical (unpaired) electrons. The molecule has 0 aromatic heterocycles. The van der Waals surface area contributed by atoms with Crippen LogP contribution in [-0.2, 0) is 33.3 Å². The molecule has 12 atom stereocenters. The van der Waals surface area contributed by atoms with E-state index in [-0.39, 0.29) is 36.7 Å². The molecule has 2 saturated carbocycles. The number of aliphatic hydroxyl groups excluding tert-OH is 2. The van der Waals surface area contributed by atoms with Crippen LogP contribution in [0.25, 0.3) is 0 Å². The Balaban J connectivity index is 1.95. The van der Waals surface area contributed by atoms with Crippen molar-refractivity contribution < 1.29 is 48.7 Å². The molecule has 0 bridgehead atoms. The fraction of sp³-hybridized carbons (Fsp3) is 0.786. The third kappa shape index (κ3) is 7.82. The number of allylic oxidation sites excluding steroid dienone is 3. The van der Waals surface area contributed by atoms with E-state index in [1.807, 2.05) is 6.92 Å². The number of fused-ring (bicyclic) bond motifs is 3. The SMILES string of the molecule is C/C=C(\C)[C@@H](O)C(=O)O[C@@H]1C[C@@H](C(C)(C)O)[C@](C)(CCC(=O)OC)[C@H]2[C@H](OC(=O)[C@H](O)C(C)C)C[C@]3(C)C(=CC[C@H]3[C@H]3CO[C@H](C=C(C)C)C3)[C@@]21C. The lowest BCUT2D eigenvalue weighted by atomic mass is 9.39. The third-order valence-corrected chi connectivity index (χ3v) is 13.5. The van der Waals surface area contributed by atoms with Gasteiger partial charge < -0.3 is 34.3 Å². The average molecular weight is 731 g/mol. The molecule has 0 aromatic carbocycles. The molecule has 0 spiro atoms. The summed E-state index contributed by atoms with van der Waals surface area (Å²) in [6.45, 7) is 21.4. The van der Waals surface area contributed by atoms with Gasteiger partial charge in [-0.25, -0.2) is 9.59 Å². The monoisotopic (exact) mass is 730 g/mol. The van der Waals surface area contributed by atoms with E-state index >= 15 is 0 Å². The van der Waals surface area contributed by atoms with Crippen molar-refractivity contribution in [2.45, 2.75) is 151 Å². The normalized spacial score (nSPS) is 37.3. The van der Waals surface area contributed by atoms with Gasteiger partial charge in [-0.15, -0.1) is 0 Å². The molecule has 0 unspecified atom stereocenters. The fourth-order valence-electron chi connectivity index (χ4n) is 10.9. The van der Waals surface area contributed by atoms with Crippen LogP contribution in [0.15, 0.2) is 34.9 Å². The summed E-state index contributed by atoms with van der Waals surface area (Å²) in [6, 6.07) is 0. The zero-order chi connectivity index (χ0) is 39.1. The Morgan fingerprint density at radius 3 is 2.27 bits per heavy atom. The van der Waals surface area contributed by atoms with E-state index in [4.69, 9.17) is 18.9 Å². The van der Waals surface area contributed by atoms with Crippen molar-refractivity contribution in [1.82, 2.24) is 0 Å². The maximum atomic E-state index is 13.8. The molecule has 1 saturated heterocycles. The summed E-state index contributed by atoms with van der Waals surface area (Å²) in [5.74, 6) is -3.04. The number of ether oxygens (including phenoxy) is 4. The van der Waals surface area contributed by atoms with Crippen molar-refractivity contribution in [1.29, 1.82) is 0 Å². The Morgan fingerprint density at radius 2 is 1.71 bits per heavy atom.